The first-order chi connectivity index (χ1) is 8.45. The molecule has 11 heteroatoms. The van der Waals surface area contributed by atoms with Gasteiger partial charge in [-0.1, -0.05) is 5.21 Å². The SMILES string of the molecule is COCCn1nnc2c(S(N)(=O)=O)ncn2c1=O. The van der Waals surface area contributed by atoms with Crippen molar-refractivity contribution in [3.05, 3.63) is 16.8 Å². The van der Waals surface area contributed by atoms with Crippen molar-refractivity contribution < 1.29 is 13.2 Å². The Morgan fingerprint density at radius 3 is 2.83 bits per heavy atom. The van der Waals surface area contributed by atoms with Gasteiger partial charge in [-0.2, -0.15) is 4.68 Å². The highest BCUT2D eigenvalue weighted by atomic mass is 32.2. The van der Waals surface area contributed by atoms with Gasteiger partial charge in [0, 0.05) is 7.11 Å². The number of hydrogen-bond donors (Lipinski definition) is 1. The lowest BCUT2D eigenvalue weighted by Crippen LogP contribution is -2.31. The molecule has 0 saturated carbocycles. The van der Waals surface area contributed by atoms with Gasteiger partial charge in [0.25, 0.3) is 10.0 Å². The molecule has 0 aliphatic rings. The number of imidazole rings is 1. The van der Waals surface area contributed by atoms with Crippen molar-refractivity contribution in [1.29, 1.82) is 0 Å². The predicted molar refractivity (Wildman–Crippen MR) is 58.3 cm³/mol. The van der Waals surface area contributed by atoms with Gasteiger partial charge < -0.3 is 4.74 Å². The fourth-order valence-electron chi connectivity index (χ4n) is 1.33. The molecular formula is C7H10N6O4S. The first-order valence-electron chi connectivity index (χ1n) is 4.77. The molecule has 2 heterocycles. The summed E-state index contributed by atoms with van der Waals surface area (Å²) in [6.07, 6.45) is 1.04. The topological polar surface area (TPSA) is 134 Å². The summed E-state index contributed by atoms with van der Waals surface area (Å²) in [6.45, 7) is 0.470. The summed E-state index contributed by atoms with van der Waals surface area (Å²) >= 11 is 0. The Balaban J connectivity index is 2.61. The van der Waals surface area contributed by atoms with Gasteiger partial charge in [0.1, 0.15) is 6.33 Å². The molecule has 0 atom stereocenters. The Morgan fingerprint density at radius 1 is 1.50 bits per heavy atom. The van der Waals surface area contributed by atoms with Gasteiger partial charge in [-0.25, -0.2) is 27.7 Å². The van der Waals surface area contributed by atoms with E-state index in [1.807, 2.05) is 0 Å². The van der Waals surface area contributed by atoms with Crippen LogP contribution in [0, 0.1) is 0 Å². The van der Waals surface area contributed by atoms with Crippen LogP contribution in [0.15, 0.2) is 16.1 Å². The van der Waals surface area contributed by atoms with E-state index in [9.17, 15) is 13.2 Å². The van der Waals surface area contributed by atoms with E-state index in [2.05, 4.69) is 15.3 Å². The largest absolute Gasteiger partial charge is 0.383 e. The minimum atomic E-state index is -4.04. The maximum atomic E-state index is 11.9. The van der Waals surface area contributed by atoms with E-state index in [0.29, 0.717) is 0 Å². The van der Waals surface area contributed by atoms with Gasteiger partial charge >= 0.3 is 5.69 Å². The zero-order valence-electron chi connectivity index (χ0n) is 9.35. The van der Waals surface area contributed by atoms with E-state index in [-0.39, 0.29) is 18.8 Å². The number of fused-ring (bicyclic) bond motifs is 1. The van der Waals surface area contributed by atoms with Crippen LogP contribution in [0.3, 0.4) is 0 Å². The number of nitrogens with zero attached hydrogens (tertiary/aromatic N) is 5. The molecule has 2 aromatic heterocycles. The van der Waals surface area contributed by atoms with Crippen molar-refractivity contribution in [2.45, 2.75) is 11.6 Å². The van der Waals surface area contributed by atoms with Gasteiger partial charge in [-0.3, -0.25) is 0 Å². The van der Waals surface area contributed by atoms with E-state index in [1.54, 1.807) is 0 Å². The molecule has 0 fully saturated rings. The molecule has 0 aliphatic heterocycles. The van der Waals surface area contributed by atoms with Crippen LogP contribution in [0.25, 0.3) is 5.65 Å². The Bertz CT molecular complexity index is 732. The summed E-state index contributed by atoms with van der Waals surface area (Å²) in [5.74, 6) is 0. The number of hydrogen-bond acceptors (Lipinski definition) is 7. The number of ether oxygens (including phenoxy) is 1. The number of aromatic nitrogens is 5. The number of primary sulfonamides is 1. The van der Waals surface area contributed by atoms with E-state index < -0.39 is 20.7 Å². The normalized spacial score (nSPS) is 12.1. The molecule has 18 heavy (non-hydrogen) atoms. The van der Waals surface area contributed by atoms with E-state index in [1.165, 1.54) is 7.11 Å². The van der Waals surface area contributed by atoms with Gasteiger partial charge in [-0.05, 0) is 0 Å². The highest BCUT2D eigenvalue weighted by Gasteiger charge is 2.19. The van der Waals surface area contributed by atoms with Crippen molar-refractivity contribution in [2.75, 3.05) is 13.7 Å². The highest BCUT2D eigenvalue weighted by Crippen LogP contribution is 2.07. The molecule has 0 amide bonds. The molecule has 0 spiro atoms. The quantitative estimate of drug-likeness (QED) is 0.655. The molecule has 0 aromatic carbocycles. The Kier molecular flexibility index (Phi) is 3.11. The van der Waals surface area contributed by atoms with E-state index >= 15 is 0 Å². The molecule has 0 unspecified atom stereocenters. The molecular weight excluding hydrogens is 264 g/mol. The van der Waals surface area contributed by atoms with Crippen molar-refractivity contribution in [3.63, 3.8) is 0 Å². The summed E-state index contributed by atoms with van der Waals surface area (Å²) < 4.78 is 29.2. The summed E-state index contributed by atoms with van der Waals surface area (Å²) in [6, 6.07) is 0. The van der Waals surface area contributed by atoms with Gasteiger partial charge in [-0.15, -0.1) is 5.10 Å². The van der Waals surface area contributed by atoms with Crippen LogP contribution in [0.2, 0.25) is 0 Å². The third kappa shape index (κ3) is 2.10. The van der Waals surface area contributed by atoms with Gasteiger partial charge in [0.2, 0.25) is 10.7 Å². The second-order valence-corrected chi connectivity index (χ2v) is 4.85. The van der Waals surface area contributed by atoms with Crippen molar-refractivity contribution in [3.8, 4) is 0 Å². The van der Waals surface area contributed by atoms with Gasteiger partial charge in [0.15, 0.2) is 0 Å². The number of sulfonamides is 1. The average molecular weight is 274 g/mol. The highest BCUT2D eigenvalue weighted by molar-refractivity contribution is 7.89. The number of methoxy groups -OCH3 is 1. The first-order valence-corrected chi connectivity index (χ1v) is 6.32. The standard InChI is InChI=1S/C7H10N6O4S/c1-17-3-2-13-7(14)12-4-9-6(18(8,15)16)5(12)10-11-13/h4H,2-3H2,1H3,(H2,8,15,16). The average Bonchev–Trinajstić information content (AvgIpc) is 2.72. The van der Waals surface area contributed by atoms with Crippen molar-refractivity contribution in [1.82, 2.24) is 24.4 Å². The summed E-state index contributed by atoms with van der Waals surface area (Å²) in [7, 11) is -2.56. The maximum Gasteiger partial charge on any atom is 0.353 e. The minimum Gasteiger partial charge on any atom is -0.383 e. The minimum absolute atomic E-state index is 0.196. The smallest absolute Gasteiger partial charge is 0.353 e. The fraction of sp³-hybridized carbons (Fsp3) is 0.429. The van der Waals surface area contributed by atoms with E-state index in [4.69, 9.17) is 9.88 Å². The molecule has 0 aliphatic carbocycles. The van der Waals surface area contributed by atoms with Crippen LogP contribution in [-0.2, 0) is 21.3 Å². The van der Waals surface area contributed by atoms with Crippen LogP contribution < -0.4 is 10.8 Å². The molecule has 2 rings (SSSR count). The lowest BCUT2D eigenvalue weighted by atomic mass is 10.7. The maximum absolute atomic E-state index is 11.9. The molecule has 98 valence electrons. The fourth-order valence-corrected chi connectivity index (χ4v) is 1.92. The van der Waals surface area contributed by atoms with Crippen LogP contribution in [0.5, 0.6) is 0 Å². The third-order valence-corrected chi connectivity index (χ3v) is 2.99. The second kappa shape index (κ2) is 4.44. The summed E-state index contributed by atoms with van der Waals surface area (Å²) in [5, 5.41) is 11.7. The molecule has 0 radical (unpaired) electrons. The van der Waals surface area contributed by atoms with Crippen molar-refractivity contribution in [2.24, 2.45) is 5.14 Å². The summed E-state index contributed by atoms with van der Waals surface area (Å²) in [4.78, 5) is 15.4. The molecule has 0 saturated heterocycles. The Morgan fingerprint density at radius 2 is 2.22 bits per heavy atom. The zero-order valence-corrected chi connectivity index (χ0v) is 10.2. The first kappa shape index (κ1) is 12.6. The molecule has 2 N–H and O–H groups in total. The Labute approximate surface area is 101 Å². The Hall–Kier alpha value is -1.85. The lowest BCUT2D eigenvalue weighted by Gasteiger charge is -2.02. The second-order valence-electron chi connectivity index (χ2n) is 3.38. The zero-order chi connectivity index (χ0) is 13.3. The lowest BCUT2D eigenvalue weighted by molar-refractivity contribution is 0.179. The van der Waals surface area contributed by atoms with E-state index in [0.717, 1.165) is 15.4 Å². The van der Waals surface area contributed by atoms with Crippen LogP contribution in [0.4, 0.5) is 0 Å². The third-order valence-electron chi connectivity index (χ3n) is 2.16. The predicted octanol–water partition coefficient (Wildman–Crippen LogP) is -2.42. The van der Waals surface area contributed by atoms with Crippen molar-refractivity contribution >= 4 is 15.7 Å². The summed E-state index contributed by atoms with van der Waals surface area (Å²) in [5.41, 5.74) is -0.768. The van der Waals surface area contributed by atoms with Crippen LogP contribution >= 0.6 is 0 Å². The monoisotopic (exact) mass is 274 g/mol. The number of nitrogens with two attached hydrogens (primary N) is 1. The van der Waals surface area contributed by atoms with Crippen LogP contribution in [-0.4, -0.2) is 46.5 Å². The molecule has 0 bridgehead atoms. The molecule has 10 nitrogen and oxygen atoms in total. The van der Waals surface area contributed by atoms with Crippen LogP contribution in [0.1, 0.15) is 0 Å². The van der Waals surface area contributed by atoms with Gasteiger partial charge in [0.05, 0.1) is 13.2 Å². The number of rotatable bonds is 4. The molecule has 2 aromatic rings.